The SMILES string of the molecule is C[C@](O)(COCCOCc1ccccc1)c1ccc(SN)s1. The third kappa shape index (κ3) is 5.39. The molecule has 22 heavy (non-hydrogen) atoms. The Balaban J connectivity index is 1.65. The summed E-state index contributed by atoms with van der Waals surface area (Å²) in [7, 11) is 0. The molecular formula is C16H21NO3S2. The van der Waals surface area contributed by atoms with E-state index in [-0.39, 0.29) is 6.61 Å². The second-order valence-corrected chi connectivity index (χ2v) is 7.12. The lowest BCUT2D eigenvalue weighted by atomic mass is 10.1. The van der Waals surface area contributed by atoms with Crippen molar-refractivity contribution in [3.8, 4) is 0 Å². The Kier molecular flexibility index (Phi) is 6.88. The second-order valence-electron chi connectivity index (χ2n) is 5.10. The van der Waals surface area contributed by atoms with Crippen molar-refractivity contribution in [3.05, 3.63) is 52.9 Å². The van der Waals surface area contributed by atoms with Crippen LogP contribution in [-0.4, -0.2) is 24.9 Å². The van der Waals surface area contributed by atoms with E-state index >= 15 is 0 Å². The van der Waals surface area contributed by atoms with Crippen molar-refractivity contribution in [2.75, 3.05) is 19.8 Å². The summed E-state index contributed by atoms with van der Waals surface area (Å²) in [5.41, 5.74) is 0.137. The summed E-state index contributed by atoms with van der Waals surface area (Å²) in [6, 6.07) is 13.8. The smallest absolute Gasteiger partial charge is 0.119 e. The predicted octanol–water partition coefficient (Wildman–Crippen LogP) is 3.15. The number of hydrogen-bond donors (Lipinski definition) is 2. The van der Waals surface area contributed by atoms with Gasteiger partial charge in [0.05, 0.1) is 30.6 Å². The maximum Gasteiger partial charge on any atom is 0.119 e. The van der Waals surface area contributed by atoms with E-state index in [1.165, 1.54) is 23.3 Å². The fraction of sp³-hybridized carbons (Fsp3) is 0.375. The molecule has 1 heterocycles. The first-order valence-corrected chi connectivity index (χ1v) is 8.70. The molecule has 0 unspecified atom stereocenters. The van der Waals surface area contributed by atoms with Gasteiger partial charge in [-0.25, -0.2) is 0 Å². The van der Waals surface area contributed by atoms with Gasteiger partial charge in [0.1, 0.15) is 5.60 Å². The zero-order valence-electron chi connectivity index (χ0n) is 12.5. The molecule has 2 aromatic rings. The first kappa shape index (κ1) is 17.5. The molecule has 0 spiro atoms. The average molecular weight is 339 g/mol. The first-order chi connectivity index (χ1) is 10.6. The Morgan fingerprint density at radius 3 is 2.55 bits per heavy atom. The van der Waals surface area contributed by atoms with Gasteiger partial charge in [-0.15, -0.1) is 11.3 Å². The zero-order valence-corrected chi connectivity index (χ0v) is 14.2. The molecule has 0 saturated heterocycles. The van der Waals surface area contributed by atoms with Crippen LogP contribution in [0.3, 0.4) is 0 Å². The summed E-state index contributed by atoms with van der Waals surface area (Å²) in [6.07, 6.45) is 0. The molecular weight excluding hydrogens is 318 g/mol. The summed E-state index contributed by atoms with van der Waals surface area (Å²) in [5.74, 6) is 0. The van der Waals surface area contributed by atoms with Crippen LogP contribution in [0.2, 0.25) is 0 Å². The highest BCUT2D eigenvalue weighted by atomic mass is 32.2. The number of thiophene rings is 1. The van der Waals surface area contributed by atoms with Crippen molar-refractivity contribution in [2.24, 2.45) is 5.14 Å². The van der Waals surface area contributed by atoms with Crippen molar-refractivity contribution >= 4 is 23.3 Å². The van der Waals surface area contributed by atoms with Gasteiger partial charge in [-0.3, -0.25) is 5.14 Å². The fourth-order valence-corrected chi connectivity index (χ4v) is 3.27. The lowest BCUT2D eigenvalue weighted by molar-refractivity contribution is -0.0508. The molecule has 0 amide bonds. The Hall–Kier alpha value is -0.890. The Labute approximate surface area is 139 Å². The molecule has 0 aliphatic rings. The Bertz CT molecular complexity index is 558. The van der Waals surface area contributed by atoms with E-state index in [1.807, 2.05) is 42.5 Å². The Morgan fingerprint density at radius 1 is 1.14 bits per heavy atom. The Morgan fingerprint density at radius 2 is 1.86 bits per heavy atom. The van der Waals surface area contributed by atoms with E-state index < -0.39 is 5.60 Å². The third-order valence-corrected chi connectivity index (χ3v) is 5.14. The van der Waals surface area contributed by atoms with Crippen LogP contribution < -0.4 is 5.14 Å². The largest absolute Gasteiger partial charge is 0.382 e. The number of nitrogens with two attached hydrogens (primary N) is 1. The van der Waals surface area contributed by atoms with Crippen molar-refractivity contribution in [3.63, 3.8) is 0 Å². The molecule has 1 atom stereocenters. The molecule has 120 valence electrons. The van der Waals surface area contributed by atoms with Gasteiger partial charge in [-0.2, -0.15) is 0 Å². The lowest BCUT2D eigenvalue weighted by Gasteiger charge is -2.21. The molecule has 0 radical (unpaired) electrons. The first-order valence-electron chi connectivity index (χ1n) is 7.00. The number of aliphatic hydroxyl groups is 1. The minimum atomic E-state index is -1.00. The maximum absolute atomic E-state index is 10.4. The average Bonchev–Trinajstić information content (AvgIpc) is 3.02. The predicted molar refractivity (Wildman–Crippen MR) is 90.9 cm³/mol. The van der Waals surface area contributed by atoms with Gasteiger partial charge >= 0.3 is 0 Å². The lowest BCUT2D eigenvalue weighted by Crippen LogP contribution is -2.27. The van der Waals surface area contributed by atoms with E-state index in [2.05, 4.69) is 0 Å². The molecule has 0 bridgehead atoms. The quantitative estimate of drug-likeness (QED) is 0.543. The fourth-order valence-electron chi connectivity index (χ4n) is 1.90. The standard InChI is InChI=1S/C16H21NO3S2/c1-16(18,14-7-8-15(21-14)22-17)12-20-10-9-19-11-13-5-3-2-4-6-13/h2-8,18H,9-12,17H2,1H3/t16-/m0/s1. The van der Waals surface area contributed by atoms with E-state index in [1.54, 1.807) is 6.92 Å². The van der Waals surface area contributed by atoms with Crippen LogP contribution in [0.25, 0.3) is 0 Å². The van der Waals surface area contributed by atoms with Crippen molar-refractivity contribution in [2.45, 2.75) is 23.3 Å². The second kappa shape index (κ2) is 8.67. The van der Waals surface area contributed by atoms with Crippen LogP contribution in [0, 0.1) is 0 Å². The molecule has 3 N–H and O–H groups in total. The molecule has 0 aliphatic carbocycles. The van der Waals surface area contributed by atoms with Crippen molar-refractivity contribution < 1.29 is 14.6 Å². The minimum absolute atomic E-state index is 0.233. The molecule has 4 nitrogen and oxygen atoms in total. The van der Waals surface area contributed by atoms with Gasteiger partial charge in [0.15, 0.2) is 0 Å². The molecule has 1 aromatic heterocycles. The normalized spacial score (nSPS) is 14.0. The number of hydrogen-bond acceptors (Lipinski definition) is 6. The van der Waals surface area contributed by atoms with Crippen LogP contribution >= 0.6 is 23.3 Å². The van der Waals surface area contributed by atoms with Crippen LogP contribution in [0.5, 0.6) is 0 Å². The molecule has 2 rings (SSSR count). The minimum Gasteiger partial charge on any atom is -0.382 e. The zero-order chi connectivity index (χ0) is 15.8. The van der Waals surface area contributed by atoms with Crippen molar-refractivity contribution in [1.82, 2.24) is 0 Å². The molecule has 0 aliphatic heterocycles. The van der Waals surface area contributed by atoms with E-state index in [0.29, 0.717) is 19.8 Å². The summed E-state index contributed by atoms with van der Waals surface area (Å²) in [6.45, 7) is 3.50. The summed E-state index contributed by atoms with van der Waals surface area (Å²) in [4.78, 5) is 0.852. The number of benzene rings is 1. The molecule has 0 fully saturated rings. The summed E-state index contributed by atoms with van der Waals surface area (Å²) >= 11 is 2.67. The van der Waals surface area contributed by atoms with Crippen molar-refractivity contribution in [1.29, 1.82) is 0 Å². The van der Waals surface area contributed by atoms with Crippen LogP contribution in [-0.2, 0) is 21.7 Å². The van der Waals surface area contributed by atoms with Crippen LogP contribution in [0.1, 0.15) is 17.4 Å². The molecule has 6 heteroatoms. The summed E-state index contributed by atoms with van der Waals surface area (Å²) < 4.78 is 12.0. The maximum atomic E-state index is 10.4. The molecule has 0 saturated carbocycles. The van der Waals surface area contributed by atoms with Crippen LogP contribution in [0.4, 0.5) is 0 Å². The van der Waals surface area contributed by atoms with E-state index in [4.69, 9.17) is 14.6 Å². The van der Waals surface area contributed by atoms with Gasteiger partial charge in [-0.1, -0.05) is 30.3 Å². The topological polar surface area (TPSA) is 64.7 Å². The van der Waals surface area contributed by atoms with Gasteiger partial charge in [0, 0.05) is 4.88 Å². The monoisotopic (exact) mass is 339 g/mol. The van der Waals surface area contributed by atoms with Gasteiger partial charge < -0.3 is 14.6 Å². The van der Waals surface area contributed by atoms with Gasteiger partial charge in [-0.05, 0) is 36.6 Å². The van der Waals surface area contributed by atoms with E-state index in [0.717, 1.165) is 14.6 Å². The van der Waals surface area contributed by atoms with E-state index in [9.17, 15) is 5.11 Å². The third-order valence-electron chi connectivity index (χ3n) is 3.09. The molecule has 1 aromatic carbocycles. The highest BCUT2D eigenvalue weighted by Gasteiger charge is 2.25. The van der Waals surface area contributed by atoms with Crippen LogP contribution in [0.15, 0.2) is 46.7 Å². The van der Waals surface area contributed by atoms with Gasteiger partial charge in [0.2, 0.25) is 0 Å². The number of ether oxygens (including phenoxy) is 2. The number of rotatable bonds is 9. The summed E-state index contributed by atoms with van der Waals surface area (Å²) in [5, 5.41) is 15.9. The highest BCUT2D eigenvalue weighted by molar-refractivity contribution is 7.99. The van der Waals surface area contributed by atoms with Gasteiger partial charge in [0.25, 0.3) is 0 Å². The highest BCUT2D eigenvalue weighted by Crippen LogP contribution is 2.31.